The van der Waals surface area contributed by atoms with Crippen molar-refractivity contribution in [3.05, 3.63) is 102 Å². The molecule has 4 aromatic rings. The number of halogens is 2. The van der Waals surface area contributed by atoms with Gasteiger partial charge in [-0.3, -0.25) is 4.79 Å². The number of carbonyl (C=O) groups excluding carboxylic acids is 1. The predicted molar refractivity (Wildman–Crippen MR) is 113 cm³/mol. The molecule has 0 radical (unpaired) electrons. The summed E-state index contributed by atoms with van der Waals surface area (Å²) in [6.07, 6.45) is 3.90. The lowest BCUT2D eigenvalue weighted by molar-refractivity contribution is 0.0936. The Bertz CT molecular complexity index is 1180. The SMILES string of the molecule is CC(NC(=O)c1ccccc1SCc1cn2ccccc2n1)c1ccc(F)cc1F. The third-order valence-electron chi connectivity index (χ3n) is 4.70. The van der Waals surface area contributed by atoms with E-state index in [-0.39, 0.29) is 11.5 Å². The Morgan fingerprint density at radius 3 is 2.73 bits per heavy atom. The first-order valence-corrected chi connectivity index (χ1v) is 10.4. The van der Waals surface area contributed by atoms with Crippen LogP contribution in [0.3, 0.4) is 0 Å². The van der Waals surface area contributed by atoms with Crippen molar-refractivity contribution in [1.82, 2.24) is 14.7 Å². The van der Waals surface area contributed by atoms with E-state index in [1.165, 1.54) is 23.9 Å². The van der Waals surface area contributed by atoms with Crippen molar-refractivity contribution < 1.29 is 13.6 Å². The molecule has 1 atom stereocenters. The van der Waals surface area contributed by atoms with E-state index in [0.717, 1.165) is 22.3 Å². The molecule has 7 heteroatoms. The van der Waals surface area contributed by atoms with Crippen LogP contribution < -0.4 is 5.32 Å². The van der Waals surface area contributed by atoms with E-state index in [1.54, 1.807) is 19.1 Å². The van der Waals surface area contributed by atoms with Crippen LogP contribution in [0.4, 0.5) is 8.78 Å². The zero-order chi connectivity index (χ0) is 21.1. The number of pyridine rings is 1. The average Bonchev–Trinajstić information content (AvgIpc) is 3.15. The van der Waals surface area contributed by atoms with Gasteiger partial charge in [0.25, 0.3) is 5.91 Å². The summed E-state index contributed by atoms with van der Waals surface area (Å²) in [7, 11) is 0. The van der Waals surface area contributed by atoms with Crippen LogP contribution in [0.1, 0.15) is 34.6 Å². The maximum absolute atomic E-state index is 14.0. The number of hydrogen-bond acceptors (Lipinski definition) is 3. The second-order valence-corrected chi connectivity index (χ2v) is 7.86. The van der Waals surface area contributed by atoms with Gasteiger partial charge in [-0.05, 0) is 37.3 Å². The van der Waals surface area contributed by atoms with Crippen LogP contribution in [0.2, 0.25) is 0 Å². The van der Waals surface area contributed by atoms with E-state index in [4.69, 9.17) is 0 Å². The standard InChI is InChI=1S/C23H19F2N3OS/c1-15(18-10-9-16(24)12-20(18)25)26-23(29)19-6-2-3-7-21(19)30-14-17-13-28-11-5-4-8-22(28)27-17/h2-13,15H,14H2,1H3,(H,26,29). The minimum Gasteiger partial charge on any atom is -0.345 e. The number of hydrogen-bond donors (Lipinski definition) is 1. The lowest BCUT2D eigenvalue weighted by Gasteiger charge is -2.16. The quantitative estimate of drug-likeness (QED) is 0.423. The molecule has 1 amide bonds. The van der Waals surface area contributed by atoms with E-state index in [9.17, 15) is 13.6 Å². The van der Waals surface area contributed by atoms with Crippen molar-refractivity contribution in [3.8, 4) is 0 Å². The highest BCUT2D eigenvalue weighted by Crippen LogP contribution is 2.27. The first-order chi connectivity index (χ1) is 14.5. The number of amides is 1. The predicted octanol–water partition coefficient (Wildman–Crippen LogP) is 5.40. The molecule has 152 valence electrons. The minimum absolute atomic E-state index is 0.236. The Morgan fingerprint density at radius 1 is 1.13 bits per heavy atom. The number of rotatable bonds is 6. The molecular formula is C23H19F2N3OS. The molecule has 0 bridgehead atoms. The van der Waals surface area contributed by atoms with Crippen molar-refractivity contribution in [3.63, 3.8) is 0 Å². The number of fused-ring (bicyclic) bond motifs is 1. The molecule has 0 saturated heterocycles. The highest BCUT2D eigenvalue weighted by atomic mass is 32.2. The van der Waals surface area contributed by atoms with Crippen LogP contribution in [0.25, 0.3) is 5.65 Å². The summed E-state index contributed by atoms with van der Waals surface area (Å²) in [6, 6.07) is 15.8. The molecule has 4 nitrogen and oxygen atoms in total. The number of carbonyl (C=O) groups is 1. The van der Waals surface area contributed by atoms with Crippen molar-refractivity contribution >= 4 is 23.3 Å². The Hall–Kier alpha value is -3.19. The topological polar surface area (TPSA) is 46.4 Å². The summed E-state index contributed by atoms with van der Waals surface area (Å²) in [5.74, 6) is -1.04. The highest BCUT2D eigenvalue weighted by molar-refractivity contribution is 7.98. The van der Waals surface area contributed by atoms with Crippen LogP contribution in [0.5, 0.6) is 0 Å². The van der Waals surface area contributed by atoms with Crippen LogP contribution in [0, 0.1) is 11.6 Å². The fourth-order valence-corrected chi connectivity index (χ4v) is 4.13. The molecule has 0 aliphatic carbocycles. The molecule has 1 N–H and O–H groups in total. The van der Waals surface area contributed by atoms with Gasteiger partial charge in [-0.15, -0.1) is 11.8 Å². The summed E-state index contributed by atoms with van der Waals surface area (Å²) >= 11 is 1.51. The largest absolute Gasteiger partial charge is 0.345 e. The van der Waals surface area contributed by atoms with Gasteiger partial charge in [0.15, 0.2) is 0 Å². The second kappa shape index (κ2) is 8.67. The smallest absolute Gasteiger partial charge is 0.252 e. The van der Waals surface area contributed by atoms with Gasteiger partial charge in [-0.2, -0.15) is 0 Å². The van der Waals surface area contributed by atoms with Gasteiger partial charge in [0.1, 0.15) is 17.3 Å². The van der Waals surface area contributed by atoms with Crippen molar-refractivity contribution in [2.24, 2.45) is 0 Å². The maximum atomic E-state index is 14.0. The first kappa shape index (κ1) is 20.1. The lowest BCUT2D eigenvalue weighted by Crippen LogP contribution is -2.27. The zero-order valence-electron chi connectivity index (χ0n) is 16.2. The molecule has 2 aromatic carbocycles. The van der Waals surface area contributed by atoms with Crippen LogP contribution in [-0.2, 0) is 5.75 Å². The Morgan fingerprint density at radius 2 is 1.93 bits per heavy atom. The molecule has 30 heavy (non-hydrogen) atoms. The van der Waals surface area contributed by atoms with Gasteiger partial charge in [-0.1, -0.05) is 24.3 Å². The van der Waals surface area contributed by atoms with Crippen molar-refractivity contribution in [1.29, 1.82) is 0 Å². The molecule has 1 unspecified atom stereocenters. The number of imidazole rings is 1. The Labute approximate surface area is 177 Å². The summed E-state index contributed by atoms with van der Waals surface area (Å²) in [6.45, 7) is 1.67. The average molecular weight is 423 g/mol. The van der Waals surface area contributed by atoms with E-state index >= 15 is 0 Å². The molecule has 2 aromatic heterocycles. The minimum atomic E-state index is -0.683. The maximum Gasteiger partial charge on any atom is 0.252 e. The van der Waals surface area contributed by atoms with Crippen LogP contribution in [-0.4, -0.2) is 15.3 Å². The van der Waals surface area contributed by atoms with E-state index in [1.807, 2.05) is 47.1 Å². The van der Waals surface area contributed by atoms with Gasteiger partial charge in [-0.25, -0.2) is 13.8 Å². The summed E-state index contributed by atoms with van der Waals surface area (Å²) in [5, 5.41) is 2.80. The van der Waals surface area contributed by atoms with Gasteiger partial charge in [0.05, 0.1) is 17.3 Å². The molecule has 0 aliphatic heterocycles. The van der Waals surface area contributed by atoms with Crippen molar-refractivity contribution in [2.45, 2.75) is 23.6 Å². The van der Waals surface area contributed by atoms with Crippen molar-refractivity contribution in [2.75, 3.05) is 0 Å². The third kappa shape index (κ3) is 4.36. The Kier molecular flexibility index (Phi) is 5.81. The zero-order valence-corrected chi connectivity index (χ0v) is 17.0. The normalized spacial score (nSPS) is 12.1. The monoisotopic (exact) mass is 423 g/mol. The summed E-state index contributed by atoms with van der Waals surface area (Å²) in [5.41, 5.74) is 2.51. The van der Waals surface area contributed by atoms with E-state index < -0.39 is 17.7 Å². The van der Waals surface area contributed by atoms with Gasteiger partial charge in [0, 0.05) is 34.7 Å². The lowest BCUT2D eigenvalue weighted by atomic mass is 10.1. The van der Waals surface area contributed by atoms with Gasteiger partial charge < -0.3 is 9.72 Å². The summed E-state index contributed by atoms with van der Waals surface area (Å²) < 4.78 is 29.1. The number of nitrogens with zero attached hydrogens (tertiary/aromatic N) is 2. The van der Waals surface area contributed by atoms with Crippen LogP contribution >= 0.6 is 11.8 Å². The number of thioether (sulfide) groups is 1. The fraction of sp³-hybridized carbons (Fsp3) is 0.130. The van der Waals surface area contributed by atoms with E-state index in [2.05, 4.69) is 10.3 Å². The third-order valence-corrected chi connectivity index (χ3v) is 5.80. The second-order valence-electron chi connectivity index (χ2n) is 6.84. The molecule has 0 fully saturated rings. The molecule has 2 heterocycles. The highest BCUT2D eigenvalue weighted by Gasteiger charge is 2.18. The summed E-state index contributed by atoms with van der Waals surface area (Å²) in [4.78, 5) is 18.2. The van der Waals surface area contributed by atoms with Gasteiger partial charge in [0.2, 0.25) is 0 Å². The first-order valence-electron chi connectivity index (χ1n) is 9.41. The molecule has 0 saturated carbocycles. The Balaban J connectivity index is 1.48. The number of nitrogens with one attached hydrogen (secondary N) is 1. The number of aromatic nitrogens is 2. The molecule has 0 spiro atoms. The van der Waals surface area contributed by atoms with Crippen LogP contribution in [0.15, 0.2) is 78.0 Å². The molecular weight excluding hydrogens is 404 g/mol. The van der Waals surface area contributed by atoms with E-state index in [0.29, 0.717) is 11.3 Å². The molecule has 0 aliphatic rings. The van der Waals surface area contributed by atoms with Gasteiger partial charge >= 0.3 is 0 Å². The number of benzene rings is 2. The fourth-order valence-electron chi connectivity index (χ4n) is 3.19. The molecule has 4 rings (SSSR count).